The first-order chi connectivity index (χ1) is 14.9. The fourth-order valence-electron chi connectivity index (χ4n) is 4.16. The summed E-state index contributed by atoms with van der Waals surface area (Å²) in [6.07, 6.45) is 0.515. The maximum atomic E-state index is 11.7. The molecular formula is C23H24N2O6. The summed E-state index contributed by atoms with van der Waals surface area (Å²) in [5.41, 5.74) is 6.64. The third kappa shape index (κ3) is 3.34. The highest BCUT2D eigenvalue weighted by Crippen LogP contribution is 2.44. The predicted octanol–water partition coefficient (Wildman–Crippen LogP) is 3.58. The molecule has 0 unspecified atom stereocenters. The Morgan fingerprint density at radius 3 is 2.48 bits per heavy atom. The van der Waals surface area contributed by atoms with Gasteiger partial charge in [0.1, 0.15) is 11.3 Å². The number of phenolic OH excluding ortho intramolecular Hbond substituents is 1. The summed E-state index contributed by atoms with van der Waals surface area (Å²) < 4.78 is 21.7. The van der Waals surface area contributed by atoms with Crippen LogP contribution < -0.4 is 25.3 Å². The van der Waals surface area contributed by atoms with Crippen molar-refractivity contribution in [2.45, 2.75) is 26.3 Å². The summed E-state index contributed by atoms with van der Waals surface area (Å²) in [7, 11) is 4.71. The van der Waals surface area contributed by atoms with Crippen LogP contribution in [-0.2, 0) is 0 Å². The predicted molar refractivity (Wildman–Crippen MR) is 117 cm³/mol. The molecule has 0 saturated heterocycles. The van der Waals surface area contributed by atoms with E-state index in [4.69, 9.17) is 18.6 Å². The molecule has 2 N–H and O–H groups in total. The minimum Gasteiger partial charge on any atom is -0.506 e. The van der Waals surface area contributed by atoms with E-state index in [2.05, 4.69) is 10.5 Å². The van der Waals surface area contributed by atoms with Gasteiger partial charge in [0.25, 0.3) is 0 Å². The van der Waals surface area contributed by atoms with Crippen molar-refractivity contribution in [1.82, 2.24) is 5.43 Å². The maximum Gasteiger partial charge on any atom is 0.336 e. The SMILES string of the molecule is COc1ccc([C@@H]2CC(c3c(C)cc4oc(=O)cc(C)c4c3O)=NN2)c(OC)c1OC. The Morgan fingerprint density at radius 1 is 1.06 bits per heavy atom. The summed E-state index contributed by atoms with van der Waals surface area (Å²) in [6, 6.07) is 6.66. The lowest BCUT2D eigenvalue weighted by atomic mass is 9.93. The van der Waals surface area contributed by atoms with Crippen LogP contribution in [0.15, 0.2) is 38.6 Å². The quantitative estimate of drug-likeness (QED) is 0.604. The first-order valence-electron chi connectivity index (χ1n) is 9.77. The van der Waals surface area contributed by atoms with Crippen LogP contribution in [0.25, 0.3) is 11.0 Å². The third-order valence-electron chi connectivity index (χ3n) is 5.55. The molecule has 0 saturated carbocycles. The van der Waals surface area contributed by atoms with E-state index in [0.29, 0.717) is 51.5 Å². The Morgan fingerprint density at radius 2 is 1.81 bits per heavy atom. The normalized spacial score (nSPS) is 15.5. The molecule has 0 spiro atoms. The highest BCUT2D eigenvalue weighted by molar-refractivity contribution is 6.09. The van der Waals surface area contributed by atoms with Gasteiger partial charge in [0, 0.05) is 23.6 Å². The first kappa shape index (κ1) is 20.6. The topological polar surface area (TPSA) is 103 Å². The van der Waals surface area contributed by atoms with Gasteiger partial charge in [-0.2, -0.15) is 5.10 Å². The third-order valence-corrected chi connectivity index (χ3v) is 5.55. The number of methoxy groups -OCH3 is 3. The zero-order chi connectivity index (χ0) is 22.3. The fraction of sp³-hybridized carbons (Fsp3) is 0.304. The van der Waals surface area contributed by atoms with Crippen molar-refractivity contribution in [3.63, 3.8) is 0 Å². The van der Waals surface area contributed by atoms with E-state index in [1.165, 1.54) is 6.07 Å². The smallest absolute Gasteiger partial charge is 0.336 e. The highest BCUT2D eigenvalue weighted by atomic mass is 16.5. The standard InChI is InChI=1S/C23H24N2O6/c1-11-8-17-20(12(2)9-18(26)31-17)21(27)19(11)15-10-14(24-25-15)13-6-7-16(28-3)23(30-5)22(13)29-4/h6-9,14,24,27H,10H2,1-5H3/t14-/m0/s1. The Hall–Kier alpha value is -3.68. The lowest BCUT2D eigenvalue weighted by molar-refractivity contribution is 0.320. The molecule has 31 heavy (non-hydrogen) atoms. The zero-order valence-electron chi connectivity index (χ0n) is 18.0. The van der Waals surface area contributed by atoms with Gasteiger partial charge in [-0.3, -0.25) is 0 Å². The summed E-state index contributed by atoms with van der Waals surface area (Å²) in [5, 5.41) is 16.0. The van der Waals surface area contributed by atoms with E-state index < -0.39 is 5.63 Å². The molecule has 1 aliphatic heterocycles. The van der Waals surface area contributed by atoms with Gasteiger partial charge in [0.05, 0.1) is 38.5 Å². The number of nitrogens with one attached hydrogen (secondary N) is 1. The number of aromatic hydroxyl groups is 1. The van der Waals surface area contributed by atoms with E-state index in [0.717, 1.165) is 11.1 Å². The number of benzene rings is 2. The molecule has 0 radical (unpaired) electrons. The second-order valence-corrected chi connectivity index (χ2v) is 7.41. The van der Waals surface area contributed by atoms with Crippen molar-refractivity contribution in [2.75, 3.05) is 21.3 Å². The van der Waals surface area contributed by atoms with Crippen LogP contribution in [0.4, 0.5) is 0 Å². The van der Waals surface area contributed by atoms with Crippen LogP contribution in [0.3, 0.4) is 0 Å². The van der Waals surface area contributed by atoms with Crippen molar-refractivity contribution >= 4 is 16.7 Å². The minimum absolute atomic E-state index is 0.0525. The van der Waals surface area contributed by atoms with E-state index in [1.54, 1.807) is 34.3 Å². The molecule has 0 fully saturated rings. The average Bonchev–Trinajstić information content (AvgIpc) is 3.20. The van der Waals surface area contributed by atoms with Crippen molar-refractivity contribution in [3.05, 3.63) is 56.9 Å². The van der Waals surface area contributed by atoms with Gasteiger partial charge in [-0.25, -0.2) is 4.79 Å². The number of hydrogen-bond acceptors (Lipinski definition) is 8. The van der Waals surface area contributed by atoms with E-state index in [9.17, 15) is 9.90 Å². The van der Waals surface area contributed by atoms with E-state index in [-0.39, 0.29) is 11.8 Å². The molecule has 8 heteroatoms. The zero-order valence-corrected chi connectivity index (χ0v) is 18.0. The number of hydrogen-bond donors (Lipinski definition) is 2. The van der Waals surface area contributed by atoms with Gasteiger partial charge in [0.15, 0.2) is 11.5 Å². The van der Waals surface area contributed by atoms with Crippen LogP contribution in [0.5, 0.6) is 23.0 Å². The highest BCUT2D eigenvalue weighted by Gasteiger charge is 2.30. The number of hydrazone groups is 1. The van der Waals surface area contributed by atoms with Gasteiger partial charge in [-0.15, -0.1) is 0 Å². The van der Waals surface area contributed by atoms with E-state index in [1.807, 2.05) is 19.1 Å². The molecule has 3 aromatic rings. The molecule has 0 aliphatic carbocycles. The summed E-state index contributed by atoms with van der Waals surface area (Å²) in [5.74, 6) is 1.69. The number of phenols is 1. The Kier molecular flexibility index (Phi) is 5.22. The monoisotopic (exact) mass is 424 g/mol. The molecule has 1 aromatic heterocycles. The number of nitrogens with zero attached hydrogens (tertiary/aromatic N) is 1. The maximum absolute atomic E-state index is 11.7. The molecule has 2 heterocycles. The van der Waals surface area contributed by atoms with Crippen LogP contribution in [0.1, 0.15) is 34.7 Å². The van der Waals surface area contributed by atoms with Crippen molar-refractivity contribution in [2.24, 2.45) is 5.10 Å². The van der Waals surface area contributed by atoms with E-state index >= 15 is 0 Å². The van der Waals surface area contributed by atoms with Crippen LogP contribution in [0, 0.1) is 13.8 Å². The fourth-order valence-corrected chi connectivity index (χ4v) is 4.16. The first-order valence-corrected chi connectivity index (χ1v) is 9.77. The number of ether oxygens (including phenoxy) is 3. The van der Waals surface area contributed by atoms with Crippen molar-refractivity contribution < 1.29 is 23.7 Å². The molecule has 1 atom stereocenters. The molecule has 2 aromatic carbocycles. The molecule has 0 amide bonds. The Labute approximate surface area is 179 Å². The number of fused-ring (bicyclic) bond motifs is 1. The molecule has 1 aliphatic rings. The number of aryl methyl sites for hydroxylation is 2. The van der Waals surface area contributed by atoms with Gasteiger partial charge < -0.3 is 29.2 Å². The number of rotatable bonds is 5. The average molecular weight is 424 g/mol. The lowest BCUT2D eigenvalue weighted by Crippen LogP contribution is -2.12. The molecule has 162 valence electrons. The van der Waals surface area contributed by atoms with Gasteiger partial charge in [-0.1, -0.05) is 0 Å². The summed E-state index contributed by atoms with van der Waals surface area (Å²) >= 11 is 0. The second-order valence-electron chi connectivity index (χ2n) is 7.41. The van der Waals surface area contributed by atoms with Crippen LogP contribution in [0.2, 0.25) is 0 Å². The molecule has 0 bridgehead atoms. The van der Waals surface area contributed by atoms with Crippen molar-refractivity contribution in [1.29, 1.82) is 0 Å². The summed E-state index contributed by atoms with van der Waals surface area (Å²) in [4.78, 5) is 11.7. The Balaban J connectivity index is 1.75. The van der Waals surface area contributed by atoms with Gasteiger partial charge in [0.2, 0.25) is 5.75 Å². The van der Waals surface area contributed by atoms with Gasteiger partial charge >= 0.3 is 5.63 Å². The molecule has 4 rings (SSSR count). The summed E-state index contributed by atoms with van der Waals surface area (Å²) in [6.45, 7) is 3.62. The second kappa shape index (κ2) is 7.86. The molecular weight excluding hydrogens is 400 g/mol. The Bertz CT molecular complexity index is 1260. The molecule has 8 nitrogen and oxygen atoms in total. The van der Waals surface area contributed by atoms with Crippen LogP contribution >= 0.6 is 0 Å². The minimum atomic E-state index is -0.447. The van der Waals surface area contributed by atoms with Crippen molar-refractivity contribution in [3.8, 4) is 23.0 Å². The van der Waals surface area contributed by atoms with Gasteiger partial charge in [-0.05, 0) is 43.2 Å². The largest absolute Gasteiger partial charge is 0.506 e. The van der Waals surface area contributed by atoms with Crippen LogP contribution in [-0.4, -0.2) is 32.1 Å². The lowest BCUT2D eigenvalue weighted by Gasteiger charge is -2.19.